The normalized spacial score (nSPS) is 14.1. The molecule has 0 aromatic carbocycles. The summed E-state index contributed by atoms with van der Waals surface area (Å²) in [5.74, 6) is -0.578. The van der Waals surface area contributed by atoms with E-state index in [1.165, 1.54) is 173 Å². The average Bonchev–Trinajstić information content (AvgIpc) is 3.66. The Bertz CT molecular complexity index is 1750. The zero-order valence-electron chi connectivity index (χ0n) is 58.4. The lowest BCUT2D eigenvalue weighted by atomic mass is 10.0. The highest BCUT2D eigenvalue weighted by molar-refractivity contribution is 7.47. The molecule has 0 heterocycles. The molecule has 0 aliphatic carbocycles. The van der Waals surface area contributed by atoms with E-state index in [1.54, 1.807) is 0 Å². The standard InChI is InChI=1S/C71H138O17P2/c1-7-9-11-13-15-17-18-20-24-31-37-43-49-55-70(75)87-66(59-81-68(73)53-47-41-35-16-14-12-10-8-2)61-85-89(77,78)83-57-65(72)58-84-90(79,80)86-62-67(60-82-69(74)54-48-42-36-30-27-26-29-34-40-46-52-64(5)6)88-71(76)56-50-44-38-32-25-22-19-21-23-28-33-39-45-51-63(3)4/h63-67,72H,7-62H2,1-6H3,(H,77,78)(H,79,80)/t65-,66+,67+/m0/s1. The lowest BCUT2D eigenvalue weighted by Crippen LogP contribution is -2.30. The Labute approximate surface area is 549 Å². The monoisotopic (exact) mass is 1320 g/mol. The van der Waals surface area contributed by atoms with Crippen molar-refractivity contribution in [2.45, 2.75) is 381 Å². The molecule has 534 valence electrons. The number of hydrogen-bond acceptors (Lipinski definition) is 15. The van der Waals surface area contributed by atoms with Gasteiger partial charge >= 0.3 is 39.5 Å². The molecular formula is C71H138O17P2. The molecule has 0 rings (SSSR count). The van der Waals surface area contributed by atoms with E-state index in [9.17, 15) is 43.2 Å². The molecule has 3 N–H and O–H groups in total. The van der Waals surface area contributed by atoms with Gasteiger partial charge in [-0.15, -0.1) is 0 Å². The first-order chi connectivity index (χ1) is 43.4. The SMILES string of the molecule is CCCCCCCCCCCCCCCC(=O)O[C@H](COC(=O)CCCCCCCCCC)COP(=O)(O)OC[C@H](O)COP(=O)(O)OC[C@@H](COC(=O)CCCCCCCCCCCCC(C)C)OC(=O)CCCCCCCCCCCCCCCC(C)C. The fraction of sp³-hybridized carbons (Fsp3) is 0.944. The van der Waals surface area contributed by atoms with Crippen molar-refractivity contribution in [2.75, 3.05) is 39.6 Å². The molecule has 0 saturated heterocycles. The highest BCUT2D eigenvalue weighted by Gasteiger charge is 2.30. The van der Waals surface area contributed by atoms with Crippen molar-refractivity contribution >= 4 is 39.5 Å². The fourth-order valence-electron chi connectivity index (χ4n) is 10.8. The topological polar surface area (TPSA) is 237 Å². The molecule has 5 atom stereocenters. The molecule has 0 amide bonds. The largest absolute Gasteiger partial charge is 0.472 e. The van der Waals surface area contributed by atoms with Gasteiger partial charge in [0.25, 0.3) is 0 Å². The van der Waals surface area contributed by atoms with Crippen molar-refractivity contribution in [1.29, 1.82) is 0 Å². The van der Waals surface area contributed by atoms with Gasteiger partial charge in [-0.1, -0.05) is 311 Å². The van der Waals surface area contributed by atoms with Crippen molar-refractivity contribution in [2.24, 2.45) is 11.8 Å². The number of esters is 4. The molecule has 0 bridgehead atoms. The van der Waals surface area contributed by atoms with Crippen LogP contribution >= 0.6 is 15.6 Å². The maximum Gasteiger partial charge on any atom is 0.472 e. The van der Waals surface area contributed by atoms with Crippen molar-refractivity contribution in [3.05, 3.63) is 0 Å². The zero-order chi connectivity index (χ0) is 66.5. The first-order valence-electron chi connectivity index (χ1n) is 37.0. The predicted octanol–water partition coefficient (Wildman–Crippen LogP) is 20.4. The molecule has 0 fully saturated rings. The Morgan fingerprint density at radius 3 is 0.756 bits per heavy atom. The summed E-state index contributed by atoms with van der Waals surface area (Å²) in [6.07, 6.45) is 48.5. The summed E-state index contributed by atoms with van der Waals surface area (Å²) in [5, 5.41) is 10.6. The van der Waals surface area contributed by atoms with Crippen LogP contribution in [0.3, 0.4) is 0 Å². The predicted molar refractivity (Wildman–Crippen MR) is 363 cm³/mol. The lowest BCUT2D eigenvalue weighted by Gasteiger charge is -2.21. The molecule has 0 aliphatic heterocycles. The van der Waals surface area contributed by atoms with Gasteiger partial charge in [0.15, 0.2) is 12.2 Å². The summed E-state index contributed by atoms with van der Waals surface area (Å²) in [5.41, 5.74) is 0. The second kappa shape index (κ2) is 63.1. The van der Waals surface area contributed by atoms with Crippen LogP contribution in [0.1, 0.15) is 363 Å². The van der Waals surface area contributed by atoms with E-state index < -0.39 is 97.5 Å². The van der Waals surface area contributed by atoms with Crippen LogP contribution in [-0.4, -0.2) is 96.7 Å². The van der Waals surface area contributed by atoms with E-state index in [4.69, 9.17) is 37.0 Å². The van der Waals surface area contributed by atoms with E-state index in [0.717, 1.165) is 108 Å². The van der Waals surface area contributed by atoms with Crippen LogP contribution in [0.5, 0.6) is 0 Å². The number of aliphatic hydroxyl groups is 1. The Morgan fingerprint density at radius 2 is 0.511 bits per heavy atom. The Kier molecular flexibility index (Phi) is 61.8. The maximum absolute atomic E-state index is 13.0. The summed E-state index contributed by atoms with van der Waals surface area (Å²) >= 11 is 0. The molecule has 0 aliphatic rings. The van der Waals surface area contributed by atoms with E-state index >= 15 is 0 Å². The first-order valence-corrected chi connectivity index (χ1v) is 40.0. The van der Waals surface area contributed by atoms with Crippen LogP contribution in [0, 0.1) is 11.8 Å². The van der Waals surface area contributed by atoms with Gasteiger partial charge in [-0.3, -0.25) is 37.3 Å². The number of unbranched alkanes of at least 4 members (excludes halogenated alkanes) is 40. The van der Waals surface area contributed by atoms with E-state index in [1.807, 2.05) is 0 Å². The molecule has 0 aromatic heterocycles. The number of hydrogen-bond donors (Lipinski definition) is 3. The number of rotatable bonds is 70. The highest BCUT2D eigenvalue weighted by atomic mass is 31.2. The number of aliphatic hydroxyl groups excluding tert-OH is 1. The minimum Gasteiger partial charge on any atom is -0.462 e. The van der Waals surface area contributed by atoms with Crippen LogP contribution in [0.2, 0.25) is 0 Å². The smallest absolute Gasteiger partial charge is 0.462 e. The van der Waals surface area contributed by atoms with Crippen molar-refractivity contribution < 1.29 is 80.2 Å². The molecule has 0 aromatic rings. The second-order valence-corrected chi connectivity index (χ2v) is 29.5. The molecule has 90 heavy (non-hydrogen) atoms. The van der Waals surface area contributed by atoms with Crippen LogP contribution in [0.25, 0.3) is 0 Å². The van der Waals surface area contributed by atoms with E-state index in [0.29, 0.717) is 25.7 Å². The third-order valence-electron chi connectivity index (χ3n) is 16.5. The van der Waals surface area contributed by atoms with Gasteiger partial charge in [-0.05, 0) is 37.5 Å². The van der Waals surface area contributed by atoms with Crippen molar-refractivity contribution in [3.8, 4) is 0 Å². The maximum atomic E-state index is 13.0. The lowest BCUT2D eigenvalue weighted by molar-refractivity contribution is -0.161. The van der Waals surface area contributed by atoms with Gasteiger partial charge in [0.05, 0.1) is 26.4 Å². The quantitative estimate of drug-likeness (QED) is 0.0222. The second-order valence-electron chi connectivity index (χ2n) is 26.6. The van der Waals surface area contributed by atoms with Crippen LogP contribution in [0.15, 0.2) is 0 Å². The highest BCUT2D eigenvalue weighted by Crippen LogP contribution is 2.45. The number of carbonyl (C=O) groups excluding carboxylic acids is 4. The van der Waals surface area contributed by atoms with E-state index in [-0.39, 0.29) is 25.7 Å². The van der Waals surface area contributed by atoms with Crippen LogP contribution in [-0.2, 0) is 65.4 Å². The number of carbonyl (C=O) groups is 4. The van der Waals surface area contributed by atoms with Gasteiger partial charge < -0.3 is 33.8 Å². The van der Waals surface area contributed by atoms with Gasteiger partial charge in [-0.2, -0.15) is 0 Å². The molecule has 17 nitrogen and oxygen atoms in total. The van der Waals surface area contributed by atoms with Crippen LogP contribution in [0.4, 0.5) is 0 Å². The zero-order valence-corrected chi connectivity index (χ0v) is 60.2. The summed E-state index contributed by atoms with van der Waals surface area (Å²) < 4.78 is 68.3. The summed E-state index contributed by atoms with van der Waals surface area (Å²) in [4.78, 5) is 72.5. The number of phosphoric ester groups is 2. The van der Waals surface area contributed by atoms with Crippen molar-refractivity contribution in [3.63, 3.8) is 0 Å². The molecule has 0 radical (unpaired) electrons. The molecule has 0 spiro atoms. The van der Waals surface area contributed by atoms with E-state index in [2.05, 4.69) is 41.5 Å². The first kappa shape index (κ1) is 88.1. The molecule has 19 heteroatoms. The summed E-state index contributed by atoms with van der Waals surface area (Å²) in [7, 11) is -9.90. The fourth-order valence-corrected chi connectivity index (χ4v) is 12.3. The number of ether oxygens (including phenoxy) is 4. The molecule has 2 unspecified atom stereocenters. The van der Waals surface area contributed by atoms with Gasteiger partial charge in [0.1, 0.15) is 19.3 Å². The summed E-state index contributed by atoms with van der Waals surface area (Å²) in [6.45, 7) is 9.55. The summed E-state index contributed by atoms with van der Waals surface area (Å²) in [6, 6.07) is 0. The van der Waals surface area contributed by atoms with Crippen molar-refractivity contribution in [1.82, 2.24) is 0 Å². The minimum absolute atomic E-state index is 0.107. The molecular weight excluding hydrogens is 1190 g/mol. The Balaban J connectivity index is 5.23. The third-order valence-corrected chi connectivity index (χ3v) is 18.4. The average molecular weight is 1330 g/mol. The Morgan fingerprint density at radius 1 is 0.300 bits per heavy atom. The Hall–Kier alpha value is -1.94. The number of phosphoric acid groups is 2. The van der Waals surface area contributed by atoms with Gasteiger partial charge in [-0.25, -0.2) is 9.13 Å². The third kappa shape index (κ3) is 64.8. The van der Waals surface area contributed by atoms with Gasteiger partial charge in [0, 0.05) is 25.7 Å². The minimum atomic E-state index is -4.95. The van der Waals surface area contributed by atoms with Crippen LogP contribution < -0.4 is 0 Å². The molecule has 0 saturated carbocycles. The van der Waals surface area contributed by atoms with Gasteiger partial charge in [0.2, 0.25) is 0 Å².